The Kier molecular flexibility index (Phi) is 4.47. The molecule has 2 rings (SSSR count). The lowest BCUT2D eigenvalue weighted by Gasteiger charge is -2.11. The van der Waals surface area contributed by atoms with Crippen molar-refractivity contribution in [3.63, 3.8) is 0 Å². The van der Waals surface area contributed by atoms with Crippen molar-refractivity contribution in [2.45, 2.75) is 9.79 Å². The maximum atomic E-state index is 12.3. The number of hydrogen-bond acceptors (Lipinski definition) is 4. The first-order chi connectivity index (χ1) is 9.44. The van der Waals surface area contributed by atoms with Gasteiger partial charge in [0.05, 0.1) is 21.3 Å². The van der Waals surface area contributed by atoms with Crippen molar-refractivity contribution in [3.05, 3.63) is 47.5 Å². The van der Waals surface area contributed by atoms with Crippen molar-refractivity contribution < 1.29 is 8.42 Å². The summed E-state index contributed by atoms with van der Waals surface area (Å²) in [6.07, 6.45) is 1.88. The van der Waals surface area contributed by atoms with Crippen LogP contribution in [0.2, 0.25) is 5.02 Å². The van der Waals surface area contributed by atoms with Crippen molar-refractivity contribution in [1.82, 2.24) is 0 Å². The molecule has 2 aromatic rings. The van der Waals surface area contributed by atoms with Crippen LogP contribution in [0.1, 0.15) is 0 Å². The van der Waals surface area contributed by atoms with Gasteiger partial charge in [0, 0.05) is 4.90 Å². The molecule has 0 saturated carbocycles. The van der Waals surface area contributed by atoms with Crippen LogP contribution in [0.25, 0.3) is 0 Å². The van der Waals surface area contributed by atoms with Gasteiger partial charge in [0.2, 0.25) is 0 Å². The summed E-state index contributed by atoms with van der Waals surface area (Å²) >= 11 is 7.32. The van der Waals surface area contributed by atoms with Crippen LogP contribution in [0.4, 0.5) is 11.4 Å². The van der Waals surface area contributed by atoms with Crippen LogP contribution in [0.3, 0.4) is 0 Å². The van der Waals surface area contributed by atoms with Gasteiger partial charge in [-0.2, -0.15) is 0 Å². The number of nitrogens with one attached hydrogen (secondary N) is 1. The second kappa shape index (κ2) is 5.95. The quantitative estimate of drug-likeness (QED) is 0.666. The van der Waals surface area contributed by atoms with E-state index in [1.54, 1.807) is 12.1 Å². The highest BCUT2D eigenvalue weighted by Crippen LogP contribution is 2.28. The van der Waals surface area contributed by atoms with Gasteiger partial charge >= 0.3 is 0 Å². The zero-order chi connectivity index (χ0) is 14.8. The van der Waals surface area contributed by atoms with Gasteiger partial charge in [0.15, 0.2) is 0 Å². The summed E-state index contributed by atoms with van der Waals surface area (Å²) in [4.78, 5) is 0.922. The van der Waals surface area contributed by atoms with E-state index < -0.39 is 10.0 Å². The molecule has 0 spiro atoms. The molecule has 0 amide bonds. The normalized spacial score (nSPS) is 11.3. The number of halogens is 1. The highest BCUT2D eigenvalue weighted by Gasteiger charge is 2.16. The molecule has 0 aliphatic carbocycles. The highest BCUT2D eigenvalue weighted by molar-refractivity contribution is 7.99. The molecule has 4 nitrogen and oxygen atoms in total. The molecule has 20 heavy (non-hydrogen) atoms. The Morgan fingerprint density at radius 3 is 2.55 bits per heavy atom. The summed E-state index contributed by atoms with van der Waals surface area (Å²) in [5.41, 5.74) is 6.46. The number of rotatable bonds is 4. The maximum absolute atomic E-state index is 12.3. The smallest absolute Gasteiger partial charge is 0.261 e. The van der Waals surface area contributed by atoms with Crippen LogP contribution in [-0.2, 0) is 10.0 Å². The topological polar surface area (TPSA) is 72.2 Å². The van der Waals surface area contributed by atoms with Gasteiger partial charge < -0.3 is 5.73 Å². The first-order valence-electron chi connectivity index (χ1n) is 5.65. The third-order valence-corrected chi connectivity index (χ3v) is 5.12. The third kappa shape index (κ3) is 3.20. The minimum absolute atomic E-state index is 0.0765. The number of benzene rings is 2. The van der Waals surface area contributed by atoms with E-state index in [4.69, 9.17) is 17.3 Å². The predicted molar refractivity (Wildman–Crippen MR) is 84.9 cm³/mol. The molecule has 0 aliphatic rings. The van der Waals surface area contributed by atoms with Crippen molar-refractivity contribution in [2.75, 3.05) is 16.7 Å². The Balaban J connectivity index is 2.38. The Bertz CT molecular complexity index is 733. The predicted octanol–water partition coefficient (Wildman–Crippen LogP) is 3.44. The zero-order valence-corrected chi connectivity index (χ0v) is 13.0. The van der Waals surface area contributed by atoms with Gasteiger partial charge in [0.1, 0.15) is 0 Å². The Labute approximate surface area is 127 Å². The number of anilines is 2. The fourth-order valence-corrected chi connectivity index (χ4v) is 3.58. The number of nitrogen functional groups attached to an aromatic ring is 1. The van der Waals surface area contributed by atoms with Gasteiger partial charge in [-0.15, -0.1) is 11.8 Å². The van der Waals surface area contributed by atoms with Gasteiger partial charge in [-0.25, -0.2) is 8.42 Å². The van der Waals surface area contributed by atoms with E-state index in [2.05, 4.69) is 4.72 Å². The van der Waals surface area contributed by atoms with Crippen molar-refractivity contribution in [2.24, 2.45) is 0 Å². The van der Waals surface area contributed by atoms with Crippen molar-refractivity contribution in [1.29, 1.82) is 0 Å². The average molecular weight is 329 g/mol. The lowest BCUT2D eigenvalue weighted by molar-refractivity contribution is 0.601. The number of hydrogen-bond donors (Lipinski definition) is 2. The van der Waals surface area contributed by atoms with Gasteiger partial charge in [-0.1, -0.05) is 23.7 Å². The molecule has 106 valence electrons. The van der Waals surface area contributed by atoms with Crippen molar-refractivity contribution in [3.8, 4) is 0 Å². The molecule has 7 heteroatoms. The molecule has 3 N–H and O–H groups in total. The molecule has 0 heterocycles. The highest BCUT2D eigenvalue weighted by atomic mass is 35.5. The molecule has 0 aliphatic heterocycles. The average Bonchev–Trinajstić information content (AvgIpc) is 2.42. The standard InChI is InChI=1S/C13H13ClN2O2S2/c1-19-13-5-3-2-4-12(13)16-20(17,18)9-6-7-11(15)10(14)8-9/h2-8,16H,15H2,1H3. The number of nitrogens with two attached hydrogens (primary N) is 1. The molecule has 0 bridgehead atoms. The minimum atomic E-state index is -3.69. The van der Waals surface area contributed by atoms with Crippen LogP contribution < -0.4 is 10.5 Å². The molecule has 0 unspecified atom stereocenters. The molecule has 0 atom stereocenters. The van der Waals surface area contributed by atoms with Crippen LogP contribution in [0, 0.1) is 0 Å². The molecule has 0 radical (unpaired) electrons. The van der Waals surface area contributed by atoms with E-state index in [1.807, 2.05) is 18.4 Å². The molecular formula is C13H13ClN2O2S2. The zero-order valence-electron chi connectivity index (χ0n) is 10.6. The Hall–Kier alpha value is -1.37. The number of para-hydroxylation sites is 1. The molecule has 0 aromatic heterocycles. The van der Waals surface area contributed by atoms with Gasteiger partial charge in [-0.3, -0.25) is 4.72 Å². The summed E-state index contributed by atoms with van der Waals surface area (Å²) in [7, 11) is -3.69. The maximum Gasteiger partial charge on any atom is 0.261 e. The second-order valence-corrected chi connectivity index (χ2v) is 6.93. The van der Waals surface area contributed by atoms with E-state index in [-0.39, 0.29) is 9.92 Å². The molecular weight excluding hydrogens is 316 g/mol. The first kappa shape index (κ1) is 15.0. The first-order valence-corrected chi connectivity index (χ1v) is 8.73. The number of sulfonamides is 1. The second-order valence-electron chi connectivity index (χ2n) is 3.99. The SMILES string of the molecule is CSc1ccccc1NS(=O)(=O)c1ccc(N)c(Cl)c1. The summed E-state index contributed by atoms with van der Waals surface area (Å²) in [5.74, 6) is 0. The Morgan fingerprint density at radius 2 is 1.90 bits per heavy atom. The summed E-state index contributed by atoms with van der Waals surface area (Å²) < 4.78 is 27.2. The minimum Gasteiger partial charge on any atom is -0.398 e. The van der Waals surface area contributed by atoms with E-state index in [9.17, 15) is 8.42 Å². The summed E-state index contributed by atoms with van der Waals surface area (Å²) in [5, 5.41) is 0.214. The largest absolute Gasteiger partial charge is 0.398 e. The van der Waals surface area contributed by atoms with E-state index in [1.165, 1.54) is 30.0 Å². The van der Waals surface area contributed by atoms with E-state index in [0.29, 0.717) is 11.4 Å². The third-order valence-electron chi connectivity index (χ3n) is 2.63. The van der Waals surface area contributed by atoms with Crippen LogP contribution >= 0.6 is 23.4 Å². The monoisotopic (exact) mass is 328 g/mol. The summed E-state index contributed by atoms with van der Waals surface area (Å²) in [6, 6.07) is 11.4. The molecule has 0 fully saturated rings. The summed E-state index contributed by atoms with van der Waals surface area (Å²) in [6.45, 7) is 0. The van der Waals surface area contributed by atoms with Crippen LogP contribution in [0.5, 0.6) is 0 Å². The van der Waals surface area contributed by atoms with Crippen LogP contribution in [-0.4, -0.2) is 14.7 Å². The lowest BCUT2D eigenvalue weighted by Crippen LogP contribution is -2.13. The van der Waals surface area contributed by atoms with E-state index in [0.717, 1.165) is 4.90 Å². The van der Waals surface area contributed by atoms with E-state index >= 15 is 0 Å². The lowest BCUT2D eigenvalue weighted by atomic mass is 10.3. The fraction of sp³-hybridized carbons (Fsp3) is 0.0769. The molecule has 0 saturated heterocycles. The molecule has 2 aromatic carbocycles. The van der Waals surface area contributed by atoms with Gasteiger partial charge in [-0.05, 0) is 36.6 Å². The van der Waals surface area contributed by atoms with Crippen LogP contribution in [0.15, 0.2) is 52.3 Å². The number of thioether (sulfide) groups is 1. The Morgan fingerprint density at radius 1 is 1.20 bits per heavy atom. The fourth-order valence-electron chi connectivity index (χ4n) is 1.61. The van der Waals surface area contributed by atoms with Gasteiger partial charge in [0.25, 0.3) is 10.0 Å². The van der Waals surface area contributed by atoms with Crippen molar-refractivity contribution >= 4 is 44.8 Å².